The van der Waals surface area contributed by atoms with Crippen LogP contribution in [0, 0.1) is 0 Å². The Morgan fingerprint density at radius 1 is 1.56 bits per heavy atom. The third-order valence-electron chi connectivity index (χ3n) is 2.68. The number of hydrogen-bond acceptors (Lipinski definition) is 2. The Hall–Kier alpha value is -0.580. The van der Waals surface area contributed by atoms with Crippen LogP contribution >= 0.6 is 27.5 Å². The highest BCUT2D eigenvalue weighted by atomic mass is 79.9. The first-order valence-corrected chi connectivity index (χ1v) is 7.11. The molecule has 5 heteroatoms. The molecule has 0 aromatic heterocycles. The second-order valence-electron chi connectivity index (χ2n) is 4.16. The number of nitrogens with one attached hydrogen (secondary N) is 1. The normalized spacial score (nSPS) is 12.4. The molecular weight excluding hydrogens is 318 g/mol. The molecule has 1 rings (SSSR count). The Balaban J connectivity index is 2.55. The van der Waals surface area contributed by atoms with Crippen LogP contribution in [0.2, 0.25) is 5.02 Å². The van der Waals surface area contributed by atoms with Crippen LogP contribution in [0.3, 0.4) is 0 Å². The van der Waals surface area contributed by atoms with Crippen LogP contribution in [-0.2, 0) is 11.3 Å². The van der Waals surface area contributed by atoms with Crippen molar-refractivity contribution < 1.29 is 9.90 Å². The Morgan fingerprint density at radius 2 is 2.28 bits per heavy atom. The standard InChI is InChI=1S/C13H17BrClNO2/c1-2-3-4-12(13(17)18)16-8-9-5-6-11(15)10(14)7-9/h5-7,12,16H,2-4,8H2,1H3,(H,17,18). The van der Waals surface area contributed by atoms with Crippen molar-refractivity contribution >= 4 is 33.5 Å². The molecule has 0 radical (unpaired) electrons. The quantitative estimate of drug-likeness (QED) is 0.796. The fraction of sp³-hybridized carbons (Fsp3) is 0.462. The third kappa shape index (κ3) is 4.96. The van der Waals surface area contributed by atoms with Gasteiger partial charge in [0, 0.05) is 11.0 Å². The van der Waals surface area contributed by atoms with Gasteiger partial charge in [0.25, 0.3) is 0 Å². The first-order chi connectivity index (χ1) is 8.54. The summed E-state index contributed by atoms with van der Waals surface area (Å²) in [6.45, 7) is 2.58. The van der Waals surface area contributed by atoms with E-state index in [9.17, 15) is 4.79 Å². The van der Waals surface area contributed by atoms with Crippen LogP contribution in [0.15, 0.2) is 22.7 Å². The van der Waals surface area contributed by atoms with Crippen molar-refractivity contribution in [2.45, 2.75) is 38.8 Å². The van der Waals surface area contributed by atoms with Crippen molar-refractivity contribution in [3.63, 3.8) is 0 Å². The van der Waals surface area contributed by atoms with Crippen molar-refractivity contribution in [3.05, 3.63) is 33.3 Å². The predicted octanol–water partition coefficient (Wildman–Crippen LogP) is 3.84. The molecule has 0 spiro atoms. The number of hydrogen-bond donors (Lipinski definition) is 2. The van der Waals surface area contributed by atoms with Gasteiger partial charge in [-0.3, -0.25) is 4.79 Å². The maximum atomic E-state index is 11.1. The number of carboxylic acid groups (broad SMARTS) is 1. The van der Waals surface area contributed by atoms with Crippen molar-refractivity contribution in [3.8, 4) is 0 Å². The van der Waals surface area contributed by atoms with Crippen LogP contribution in [0.1, 0.15) is 31.7 Å². The van der Waals surface area contributed by atoms with Crippen LogP contribution in [0.25, 0.3) is 0 Å². The Labute approximate surface area is 121 Å². The minimum absolute atomic E-state index is 0.487. The maximum absolute atomic E-state index is 11.1. The lowest BCUT2D eigenvalue weighted by Crippen LogP contribution is -2.36. The van der Waals surface area contributed by atoms with Gasteiger partial charge in [-0.15, -0.1) is 0 Å². The van der Waals surface area contributed by atoms with E-state index in [4.69, 9.17) is 16.7 Å². The average Bonchev–Trinajstić information content (AvgIpc) is 2.33. The molecule has 3 nitrogen and oxygen atoms in total. The molecule has 1 unspecified atom stereocenters. The van der Waals surface area contributed by atoms with Gasteiger partial charge in [-0.2, -0.15) is 0 Å². The Kier molecular flexibility index (Phi) is 6.68. The van der Waals surface area contributed by atoms with E-state index < -0.39 is 12.0 Å². The van der Waals surface area contributed by atoms with Gasteiger partial charge in [-0.05, 0) is 40.0 Å². The summed E-state index contributed by atoms with van der Waals surface area (Å²) in [6, 6.07) is 5.09. The smallest absolute Gasteiger partial charge is 0.320 e. The van der Waals surface area contributed by atoms with E-state index in [1.807, 2.05) is 12.1 Å². The van der Waals surface area contributed by atoms with Crippen LogP contribution in [-0.4, -0.2) is 17.1 Å². The second-order valence-corrected chi connectivity index (χ2v) is 5.42. The Morgan fingerprint density at radius 3 is 2.83 bits per heavy atom. The van der Waals surface area contributed by atoms with Crippen molar-refractivity contribution in [2.75, 3.05) is 0 Å². The topological polar surface area (TPSA) is 49.3 Å². The molecule has 18 heavy (non-hydrogen) atoms. The summed E-state index contributed by atoms with van der Waals surface area (Å²) >= 11 is 9.25. The van der Waals surface area contributed by atoms with E-state index in [1.54, 1.807) is 6.07 Å². The van der Waals surface area contributed by atoms with E-state index in [-0.39, 0.29) is 0 Å². The summed E-state index contributed by atoms with van der Waals surface area (Å²) in [7, 11) is 0. The molecule has 0 saturated carbocycles. The highest BCUT2D eigenvalue weighted by Crippen LogP contribution is 2.23. The van der Waals surface area contributed by atoms with Gasteiger partial charge in [0.2, 0.25) is 0 Å². The van der Waals surface area contributed by atoms with Gasteiger partial charge in [0.1, 0.15) is 6.04 Å². The molecule has 100 valence electrons. The molecule has 1 aromatic rings. The first kappa shape index (κ1) is 15.5. The highest BCUT2D eigenvalue weighted by molar-refractivity contribution is 9.10. The average molecular weight is 335 g/mol. The summed E-state index contributed by atoms with van der Waals surface area (Å²) in [5.74, 6) is -0.795. The van der Waals surface area contributed by atoms with Crippen molar-refractivity contribution in [2.24, 2.45) is 0 Å². The van der Waals surface area contributed by atoms with Gasteiger partial charge >= 0.3 is 5.97 Å². The molecule has 0 fully saturated rings. The lowest BCUT2D eigenvalue weighted by Gasteiger charge is -2.14. The van der Waals surface area contributed by atoms with Crippen molar-refractivity contribution in [1.29, 1.82) is 0 Å². The highest BCUT2D eigenvalue weighted by Gasteiger charge is 2.15. The molecule has 0 amide bonds. The monoisotopic (exact) mass is 333 g/mol. The number of carbonyl (C=O) groups is 1. The molecule has 0 aliphatic rings. The largest absolute Gasteiger partial charge is 0.480 e. The first-order valence-electron chi connectivity index (χ1n) is 5.94. The van der Waals surface area contributed by atoms with Gasteiger partial charge < -0.3 is 10.4 Å². The van der Waals surface area contributed by atoms with Gasteiger partial charge in [0.15, 0.2) is 0 Å². The number of carboxylic acids is 1. The van der Waals surface area contributed by atoms with E-state index >= 15 is 0 Å². The zero-order chi connectivity index (χ0) is 13.5. The molecule has 0 saturated heterocycles. The lowest BCUT2D eigenvalue weighted by molar-refractivity contribution is -0.139. The van der Waals surface area contributed by atoms with Crippen LogP contribution in [0.5, 0.6) is 0 Å². The van der Waals surface area contributed by atoms with Gasteiger partial charge in [-0.1, -0.05) is 37.4 Å². The number of benzene rings is 1. The zero-order valence-electron chi connectivity index (χ0n) is 10.2. The SMILES string of the molecule is CCCCC(NCc1ccc(Cl)c(Br)c1)C(=O)O. The van der Waals surface area contributed by atoms with E-state index in [0.29, 0.717) is 18.0 Å². The van der Waals surface area contributed by atoms with E-state index in [1.165, 1.54) is 0 Å². The molecule has 0 aliphatic carbocycles. The van der Waals surface area contributed by atoms with Crippen LogP contribution in [0.4, 0.5) is 0 Å². The van der Waals surface area contributed by atoms with Gasteiger partial charge in [-0.25, -0.2) is 0 Å². The molecule has 0 heterocycles. The summed E-state index contributed by atoms with van der Waals surface area (Å²) in [5.41, 5.74) is 1.01. The summed E-state index contributed by atoms with van der Waals surface area (Å²) in [4.78, 5) is 11.1. The van der Waals surface area contributed by atoms with Crippen LogP contribution < -0.4 is 5.32 Å². The fourth-order valence-corrected chi connectivity index (χ4v) is 2.16. The number of rotatable bonds is 7. The number of unbranched alkanes of at least 4 members (excludes halogenated alkanes) is 1. The van der Waals surface area contributed by atoms with Gasteiger partial charge in [0.05, 0.1) is 5.02 Å². The van der Waals surface area contributed by atoms with Crippen molar-refractivity contribution in [1.82, 2.24) is 5.32 Å². The number of halogens is 2. The summed E-state index contributed by atoms with van der Waals surface area (Å²) in [5, 5.41) is 12.8. The fourth-order valence-electron chi connectivity index (χ4n) is 1.61. The van der Waals surface area contributed by atoms with E-state index in [2.05, 4.69) is 28.2 Å². The zero-order valence-corrected chi connectivity index (χ0v) is 12.6. The summed E-state index contributed by atoms with van der Waals surface area (Å²) in [6.07, 6.45) is 2.56. The molecule has 1 atom stereocenters. The molecule has 0 aliphatic heterocycles. The maximum Gasteiger partial charge on any atom is 0.320 e. The lowest BCUT2D eigenvalue weighted by atomic mass is 10.1. The molecular formula is C13H17BrClNO2. The predicted molar refractivity (Wildman–Crippen MR) is 76.9 cm³/mol. The second kappa shape index (κ2) is 7.77. The molecule has 2 N–H and O–H groups in total. The summed E-state index contributed by atoms with van der Waals surface area (Å²) < 4.78 is 0.823. The molecule has 1 aromatic carbocycles. The minimum Gasteiger partial charge on any atom is -0.480 e. The minimum atomic E-state index is -0.795. The molecule has 0 bridgehead atoms. The Bertz CT molecular complexity index is 412. The van der Waals surface area contributed by atoms with E-state index in [0.717, 1.165) is 22.9 Å². The third-order valence-corrected chi connectivity index (χ3v) is 3.89. The number of aliphatic carboxylic acids is 1.